The van der Waals surface area contributed by atoms with Gasteiger partial charge in [-0.1, -0.05) is 44.2 Å². The highest BCUT2D eigenvalue weighted by molar-refractivity contribution is 5.79. The molecular weight excluding hydrogens is 390 g/mol. The molecule has 2 heterocycles. The second kappa shape index (κ2) is 10.0. The number of hydrogen-bond donors (Lipinski definition) is 1. The van der Waals surface area contributed by atoms with Crippen LogP contribution in [-0.2, 0) is 9.53 Å². The van der Waals surface area contributed by atoms with Crippen LogP contribution in [0, 0.1) is 17.8 Å². The van der Waals surface area contributed by atoms with Crippen molar-refractivity contribution < 1.29 is 14.3 Å². The van der Waals surface area contributed by atoms with E-state index in [1.165, 1.54) is 18.4 Å². The van der Waals surface area contributed by atoms with Crippen LogP contribution in [0.3, 0.4) is 0 Å². The highest BCUT2D eigenvalue weighted by Crippen LogP contribution is 2.28. The average Bonchev–Trinajstić information content (AvgIpc) is 2.67. The van der Waals surface area contributed by atoms with Gasteiger partial charge in [-0.15, -0.1) is 0 Å². The van der Waals surface area contributed by atoms with Crippen LogP contribution in [0.1, 0.15) is 59.1 Å². The van der Waals surface area contributed by atoms with Gasteiger partial charge < -0.3 is 15.0 Å². The zero-order valence-corrected chi connectivity index (χ0v) is 19.8. The molecule has 2 saturated heterocycles. The molecular formula is C25H39N3O3. The molecule has 0 aliphatic carbocycles. The molecule has 1 N–H and O–H groups in total. The van der Waals surface area contributed by atoms with E-state index in [2.05, 4.69) is 41.4 Å². The summed E-state index contributed by atoms with van der Waals surface area (Å²) in [5.41, 5.74) is 0.758. The maximum Gasteiger partial charge on any atom is 0.410 e. The summed E-state index contributed by atoms with van der Waals surface area (Å²) in [7, 11) is 0. The van der Waals surface area contributed by atoms with E-state index < -0.39 is 5.60 Å². The number of carbonyl (C=O) groups is 2. The molecule has 2 fully saturated rings. The van der Waals surface area contributed by atoms with Gasteiger partial charge in [0.05, 0.1) is 6.04 Å². The van der Waals surface area contributed by atoms with Crippen molar-refractivity contribution in [1.82, 2.24) is 15.1 Å². The molecule has 2 atom stereocenters. The van der Waals surface area contributed by atoms with E-state index in [0.29, 0.717) is 19.6 Å². The Kier molecular flexibility index (Phi) is 7.63. The van der Waals surface area contributed by atoms with Gasteiger partial charge in [-0.05, 0) is 58.2 Å². The molecule has 1 aromatic rings. The van der Waals surface area contributed by atoms with Gasteiger partial charge in [0, 0.05) is 31.5 Å². The van der Waals surface area contributed by atoms with Gasteiger partial charge in [0.25, 0.3) is 0 Å². The topological polar surface area (TPSA) is 61.9 Å². The van der Waals surface area contributed by atoms with Crippen LogP contribution in [0.4, 0.5) is 4.79 Å². The Bertz CT molecular complexity index is 732. The minimum atomic E-state index is -0.496. The zero-order chi connectivity index (χ0) is 22.6. The number of benzene rings is 1. The third kappa shape index (κ3) is 6.45. The van der Waals surface area contributed by atoms with Gasteiger partial charge in [-0.2, -0.15) is 0 Å². The molecule has 0 spiro atoms. The van der Waals surface area contributed by atoms with Crippen LogP contribution in [0.2, 0.25) is 0 Å². The fourth-order valence-corrected chi connectivity index (χ4v) is 4.35. The van der Waals surface area contributed by atoms with Crippen LogP contribution in [0.25, 0.3) is 0 Å². The summed E-state index contributed by atoms with van der Waals surface area (Å²) in [6, 6.07) is 10.7. The zero-order valence-electron chi connectivity index (χ0n) is 19.8. The summed E-state index contributed by atoms with van der Waals surface area (Å²) >= 11 is 0. The summed E-state index contributed by atoms with van der Waals surface area (Å²) in [6.45, 7) is 13.8. The first-order valence-electron chi connectivity index (χ1n) is 11.7. The van der Waals surface area contributed by atoms with E-state index in [4.69, 9.17) is 4.74 Å². The number of nitrogens with zero attached hydrogens (tertiary/aromatic N) is 2. The number of ether oxygens (including phenoxy) is 1. The van der Waals surface area contributed by atoms with Crippen molar-refractivity contribution in [2.24, 2.45) is 17.8 Å². The van der Waals surface area contributed by atoms with Crippen molar-refractivity contribution in [3.05, 3.63) is 35.9 Å². The second-order valence-electron chi connectivity index (χ2n) is 10.3. The Balaban J connectivity index is 1.52. The number of nitrogens with one attached hydrogen (secondary N) is 1. The van der Waals surface area contributed by atoms with Crippen molar-refractivity contribution in [1.29, 1.82) is 0 Å². The molecule has 172 valence electrons. The van der Waals surface area contributed by atoms with Crippen molar-refractivity contribution in [3.63, 3.8) is 0 Å². The lowest BCUT2D eigenvalue weighted by Crippen LogP contribution is -2.56. The summed E-state index contributed by atoms with van der Waals surface area (Å²) in [5, 5.41) is 3.21. The molecule has 2 aliphatic rings. The molecule has 31 heavy (non-hydrogen) atoms. The fraction of sp³-hybridized carbons (Fsp3) is 0.680. The molecule has 0 saturated carbocycles. The first kappa shape index (κ1) is 23.6. The van der Waals surface area contributed by atoms with E-state index in [-0.39, 0.29) is 29.9 Å². The standard InChI is InChI=1S/C25H39N3O3/c1-18-11-13-27(14-12-18)22(20-9-7-6-8-10-20)15-26-23(29)19(2)21-16-28(17-21)24(30)31-25(3,4)5/h6-10,18-19,21-22H,11-17H2,1-5H3,(H,26,29)/t19-,22+/m1/s1. The summed E-state index contributed by atoms with van der Waals surface area (Å²) in [6.07, 6.45) is 2.12. The number of hydrogen-bond acceptors (Lipinski definition) is 4. The number of rotatable bonds is 6. The number of likely N-dealkylation sites (tertiary alicyclic amines) is 2. The highest BCUT2D eigenvalue weighted by atomic mass is 16.6. The predicted molar refractivity (Wildman–Crippen MR) is 123 cm³/mol. The Morgan fingerprint density at radius 3 is 2.32 bits per heavy atom. The molecule has 2 aliphatic heterocycles. The largest absolute Gasteiger partial charge is 0.444 e. The monoisotopic (exact) mass is 429 g/mol. The quantitative estimate of drug-likeness (QED) is 0.740. The molecule has 0 bridgehead atoms. The number of carbonyl (C=O) groups excluding carboxylic acids is 2. The number of amides is 2. The van der Waals surface area contributed by atoms with Gasteiger partial charge in [0.2, 0.25) is 5.91 Å². The SMILES string of the molecule is CC1CCN([C@@H](CNC(=O)[C@H](C)C2CN(C(=O)OC(C)(C)C)C2)c2ccccc2)CC1. The summed E-state index contributed by atoms with van der Waals surface area (Å²) < 4.78 is 5.41. The van der Waals surface area contributed by atoms with Gasteiger partial charge in [0.1, 0.15) is 5.60 Å². The molecule has 2 amide bonds. The maximum atomic E-state index is 12.9. The molecule has 0 aromatic heterocycles. The third-order valence-corrected chi connectivity index (χ3v) is 6.60. The molecule has 6 nitrogen and oxygen atoms in total. The Labute approximate surface area is 187 Å². The van der Waals surface area contributed by atoms with E-state index in [1.807, 2.05) is 33.8 Å². The Hall–Kier alpha value is -2.08. The first-order chi connectivity index (χ1) is 14.6. The van der Waals surface area contributed by atoms with E-state index in [0.717, 1.165) is 19.0 Å². The van der Waals surface area contributed by atoms with Crippen LogP contribution in [0.5, 0.6) is 0 Å². The van der Waals surface area contributed by atoms with Crippen LogP contribution in [-0.4, -0.2) is 60.1 Å². The molecule has 6 heteroatoms. The lowest BCUT2D eigenvalue weighted by Gasteiger charge is -2.42. The minimum Gasteiger partial charge on any atom is -0.444 e. The van der Waals surface area contributed by atoms with Crippen molar-refractivity contribution in [3.8, 4) is 0 Å². The molecule has 3 rings (SSSR count). The van der Waals surface area contributed by atoms with Crippen LogP contribution in [0.15, 0.2) is 30.3 Å². The summed E-state index contributed by atoms with van der Waals surface area (Å²) in [4.78, 5) is 29.2. The van der Waals surface area contributed by atoms with Crippen molar-refractivity contribution >= 4 is 12.0 Å². The Morgan fingerprint density at radius 2 is 1.74 bits per heavy atom. The lowest BCUT2D eigenvalue weighted by atomic mass is 9.86. The second-order valence-corrected chi connectivity index (χ2v) is 10.3. The third-order valence-electron chi connectivity index (χ3n) is 6.60. The fourth-order valence-electron chi connectivity index (χ4n) is 4.35. The summed E-state index contributed by atoms with van der Waals surface area (Å²) in [5.74, 6) is 0.893. The average molecular weight is 430 g/mol. The minimum absolute atomic E-state index is 0.0696. The molecule has 1 aromatic carbocycles. The van der Waals surface area contributed by atoms with Crippen molar-refractivity contribution in [2.75, 3.05) is 32.7 Å². The van der Waals surface area contributed by atoms with E-state index in [1.54, 1.807) is 4.90 Å². The number of piperidine rings is 1. The van der Waals surface area contributed by atoms with Gasteiger partial charge in [0.15, 0.2) is 0 Å². The van der Waals surface area contributed by atoms with Crippen LogP contribution >= 0.6 is 0 Å². The first-order valence-corrected chi connectivity index (χ1v) is 11.7. The molecule has 0 radical (unpaired) electrons. The van der Waals surface area contributed by atoms with E-state index in [9.17, 15) is 9.59 Å². The van der Waals surface area contributed by atoms with Crippen molar-refractivity contribution in [2.45, 2.75) is 59.1 Å². The maximum absolute atomic E-state index is 12.9. The Morgan fingerprint density at radius 1 is 1.13 bits per heavy atom. The van der Waals surface area contributed by atoms with Gasteiger partial charge >= 0.3 is 6.09 Å². The van der Waals surface area contributed by atoms with Gasteiger partial charge in [-0.25, -0.2) is 4.79 Å². The normalized spacial score (nSPS) is 20.6. The van der Waals surface area contributed by atoms with Crippen LogP contribution < -0.4 is 5.32 Å². The van der Waals surface area contributed by atoms with Gasteiger partial charge in [-0.3, -0.25) is 9.69 Å². The lowest BCUT2D eigenvalue weighted by molar-refractivity contribution is -0.128. The molecule has 0 unspecified atom stereocenters. The van der Waals surface area contributed by atoms with E-state index >= 15 is 0 Å². The highest BCUT2D eigenvalue weighted by Gasteiger charge is 2.39. The smallest absolute Gasteiger partial charge is 0.410 e. The predicted octanol–water partition coefficient (Wildman–Crippen LogP) is 4.08.